The number of fused-ring (bicyclic) bond motifs is 2. The number of nitrogens with zero attached hydrogens (tertiary/aromatic N) is 2. The van der Waals surface area contributed by atoms with Crippen molar-refractivity contribution in [2.75, 3.05) is 30.8 Å². The Bertz CT molecular complexity index is 419. The van der Waals surface area contributed by atoms with Gasteiger partial charge >= 0.3 is 0 Å². The van der Waals surface area contributed by atoms with Gasteiger partial charge in [0.15, 0.2) is 0 Å². The van der Waals surface area contributed by atoms with E-state index in [1.54, 1.807) is 0 Å². The van der Waals surface area contributed by atoms with Crippen LogP contribution in [-0.2, 0) is 0 Å². The van der Waals surface area contributed by atoms with Crippen LogP contribution in [0, 0.1) is 0 Å². The van der Waals surface area contributed by atoms with Crippen LogP contribution < -0.4 is 10.6 Å². The van der Waals surface area contributed by atoms with Crippen LogP contribution in [0.3, 0.4) is 0 Å². The van der Waals surface area contributed by atoms with E-state index in [9.17, 15) is 0 Å². The Balaban J connectivity index is 1.89. The van der Waals surface area contributed by atoms with Gasteiger partial charge in [-0.2, -0.15) is 0 Å². The molecule has 2 bridgehead atoms. The number of likely N-dealkylation sites (tertiary alicyclic amines) is 1. The number of hydrogen-bond acceptors (Lipinski definition) is 3. The van der Waals surface area contributed by atoms with E-state index in [-0.39, 0.29) is 0 Å². The molecule has 16 heavy (non-hydrogen) atoms. The van der Waals surface area contributed by atoms with Crippen molar-refractivity contribution >= 4 is 23.0 Å². The van der Waals surface area contributed by atoms with Gasteiger partial charge in [-0.25, -0.2) is 0 Å². The second-order valence-corrected chi connectivity index (χ2v) is 5.25. The summed E-state index contributed by atoms with van der Waals surface area (Å²) in [5, 5.41) is 0.773. The van der Waals surface area contributed by atoms with Gasteiger partial charge in [-0.3, -0.25) is 4.90 Å². The third-order valence-electron chi connectivity index (χ3n) is 3.80. The molecule has 4 heteroatoms. The Hall–Kier alpha value is -0.930. The SMILES string of the molecule is CN1C[C@@H]2C[C@H]1CN2c1ccc(N)cc1Cl. The minimum atomic E-state index is 0.621. The highest BCUT2D eigenvalue weighted by atomic mass is 35.5. The van der Waals surface area contributed by atoms with E-state index < -0.39 is 0 Å². The van der Waals surface area contributed by atoms with E-state index in [1.165, 1.54) is 6.42 Å². The maximum absolute atomic E-state index is 6.25. The second kappa shape index (κ2) is 3.54. The number of hydrogen-bond donors (Lipinski definition) is 1. The van der Waals surface area contributed by atoms with Crippen LogP contribution in [0.1, 0.15) is 6.42 Å². The monoisotopic (exact) mass is 237 g/mol. The number of halogens is 1. The number of benzene rings is 1. The average molecular weight is 238 g/mol. The molecule has 0 spiro atoms. The molecule has 1 aromatic carbocycles. The highest BCUT2D eigenvalue weighted by Crippen LogP contribution is 2.37. The van der Waals surface area contributed by atoms with E-state index in [2.05, 4.69) is 16.8 Å². The average Bonchev–Trinajstić information content (AvgIpc) is 2.76. The maximum Gasteiger partial charge on any atom is 0.0660 e. The third-order valence-corrected chi connectivity index (χ3v) is 4.10. The molecule has 2 aliphatic heterocycles. The maximum atomic E-state index is 6.25. The molecule has 0 unspecified atom stereocenters. The van der Waals surface area contributed by atoms with Crippen molar-refractivity contribution in [1.82, 2.24) is 4.90 Å². The molecule has 86 valence electrons. The van der Waals surface area contributed by atoms with E-state index in [4.69, 9.17) is 17.3 Å². The molecule has 3 nitrogen and oxygen atoms in total. The highest BCUT2D eigenvalue weighted by molar-refractivity contribution is 6.33. The first-order chi connectivity index (χ1) is 7.65. The lowest BCUT2D eigenvalue weighted by molar-refractivity contribution is 0.292. The highest BCUT2D eigenvalue weighted by Gasteiger charge is 2.41. The lowest BCUT2D eigenvalue weighted by atomic mass is 10.2. The van der Waals surface area contributed by atoms with Crippen LogP contribution >= 0.6 is 11.6 Å². The number of likely N-dealkylation sites (N-methyl/N-ethyl adjacent to an activating group) is 1. The topological polar surface area (TPSA) is 32.5 Å². The van der Waals surface area contributed by atoms with Crippen LogP contribution in [0.5, 0.6) is 0 Å². The van der Waals surface area contributed by atoms with Gasteiger partial charge in [-0.05, 0) is 31.7 Å². The number of anilines is 2. The molecule has 2 saturated heterocycles. The van der Waals surface area contributed by atoms with Gasteiger partial charge in [0.25, 0.3) is 0 Å². The fourth-order valence-corrected chi connectivity index (χ4v) is 3.21. The van der Waals surface area contributed by atoms with Crippen LogP contribution in [0.2, 0.25) is 5.02 Å². The van der Waals surface area contributed by atoms with Gasteiger partial charge < -0.3 is 10.6 Å². The Morgan fingerprint density at radius 1 is 1.31 bits per heavy atom. The molecule has 2 atom stereocenters. The zero-order valence-corrected chi connectivity index (χ0v) is 10.1. The number of rotatable bonds is 1. The summed E-state index contributed by atoms with van der Waals surface area (Å²) < 4.78 is 0. The molecular weight excluding hydrogens is 222 g/mol. The van der Waals surface area contributed by atoms with Gasteiger partial charge in [0.2, 0.25) is 0 Å². The lowest BCUT2D eigenvalue weighted by Gasteiger charge is -2.34. The van der Waals surface area contributed by atoms with Crippen molar-refractivity contribution in [2.45, 2.75) is 18.5 Å². The summed E-state index contributed by atoms with van der Waals surface area (Å²) in [6.07, 6.45) is 1.26. The molecule has 0 amide bonds. The zero-order chi connectivity index (χ0) is 11.3. The molecule has 1 aromatic rings. The van der Waals surface area contributed by atoms with E-state index in [0.29, 0.717) is 12.1 Å². The fourth-order valence-electron chi connectivity index (χ4n) is 2.92. The summed E-state index contributed by atoms with van der Waals surface area (Å²) in [5.41, 5.74) is 7.58. The second-order valence-electron chi connectivity index (χ2n) is 4.85. The van der Waals surface area contributed by atoms with Crippen LogP contribution in [0.25, 0.3) is 0 Å². The molecular formula is C12H16ClN3. The first-order valence-electron chi connectivity index (χ1n) is 5.67. The fraction of sp³-hybridized carbons (Fsp3) is 0.500. The van der Waals surface area contributed by atoms with Crippen molar-refractivity contribution in [3.8, 4) is 0 Å². The summed E-state index contributed by atoms with van der Waals surface area (Å²) in [5.74, 6) is 0. The van der Waals surface area contributed by atoms with E-state index in [1.807, 2.05) is 18.2 Å². The van der Waals surface area contributed by atoms with Crippen molar-refractivity contribution in [1.29, 1.82) is 0 Å². The summed E-state index contributed by atoms with van der Waals surface area (Å²) in [6, 6.07) is 7.12. The van der Waals surface area contributed by atoms with E-state index >= 15 is 0 Å². The largest absolute Gasteiger partial charge is 0.399 e. The third kappa shape index (κ3) is 1.46. The number of piperazine rings is 1. The van der Waals surface area contributed by atoms with Crippen LogP contribution in [0.15, 0.2) is 18.2 Å². The minimum Gasteiger partial charge on any atom is -0.399 e. The summed E-state index contributed by atoms with van der Waals surface area (Å²) in [6.45, 7) is 2.23. The first kappa shape index (κ1) is 10.2. The van der Waals surface area contributed by atoms with Gasteiger partial charge in [-0.15, -0.1) is 0 Å². The predicted molar refractivity (Wildman–Crippen MR) is 68.0 cm³/mol. The standard InChI is InChI=1S/C12H16ClN3/c1-15-6-10-5-9(15)7-16(10)12-3-2-8(14)4-11(12)13/h2-4,9-10H,5-7,14H2,1H3/t9-,10-/m0/s1. The normalized spacial score (nSPS) is 29.0. The molecule has 2 heterocycles. The van der Waals surface area contributed by atoms with Crippen LogP contribution in [-0.4, -0.2) is 37.1 Å². The van der Waals surface area contributed by atoms with Crippen LogP contribution in [0.4, 0.5) is 11.4 Å². The van der Waals surface area contributed by atoms with Gasteiger partial charge in [0, 0.05) is 30.9 Å². The first-order valence-corrected chi connectivity index (χ1v) is 6.05. The molecule has 3 rings (SSSR count). The van der Waals surface area contributed by atoms with Gasteiger partial charge in [0.05, 0.1) is 10.7 Å². The number of nitrogen functional groups attached to an aromatic ring is 1. The predicted octanol–water partition coefficient (Wildman–Crippen LogP) is 1.81. The van der Waals surface area contributed by atoms with Crippen molar-refractivity contribution < 1.29 is 0 Å². The molecule has 0 aromatic heterocycles. The Morgan fingerprint density at radius 3 is 2.69 bits per heavy atom. The lowest BCUT2D eigenvalue weighted by Crippen LogP contribution is -2.44. The Morgan fingerprint density at radius 2 is 2.12 bits per heavy atom. The van der Waals surface area contributed by atoms with Gasteiger partial charge in [0.1, 0.15) is 0 Å². The molecule has 0 radical (unpaired) electrons. The molecule has 2 aliphatic rings. The smallest absolute Gasteiger partial charge is 0.0660 e. The van der Waals surface area contributed by atoms with Crippen molar-refractivity contribution in [3.63, 3.8) is 0 Å². The molecule has 0 saturated carbocycles. The van der Waals surface area contributed by atoms with Gasteiger partial charge in [-0.1, -0.05) is 11.6 Å². The summed E-state index contributed by atoms with van der Waals surface area (Å²) in [4.78, 5) is 4.86. The Kier molecular flexibility index (Phi) is 2.26. The zero-order valence-electron chi connectivity index (χ0n) is 9.36. The van der Waals surface area contributed by atoms with Crippen molar-refractivity contribution in [2.24, 2.45) is 0 Å². The quantitative estimate of drug-likeness (QED) is 0.757. The van der Waals surface area contributed by atoms with E-state index in [0.717, 1.165) is 29.5 Å². The molecule has 0 aliphatic carbocycles. The minimum absolute atomic E-state index is 0.621. The molecule has 2 N–H and O–H groups in total. The summed E-state index contributed by atoms with van der Waals surface area (Å²) in [7, 11) is 2.20. The number of nitrogens with two attached hydrogens (primary N) is 1. The molecule has 2 fully saturated rings. The summed E-state index contributed by atoms with van der Waals surface area (Å²) >= 11 is 6.25. The van der Waals surface area contributed by atoms with Crippen molar-refractivity contribution in [3.05, 3.63) is 23.2 Å². The Labute approximate surface area is 101 Å².